The van der Waals surface area contributed by atoms with E-state index in [9.17, 15) is 13.6 Å². The highest BCUT2D eigenvalue weighted by molar-refractivity contribution is 5.93. The van der Waals surface area contributed by atoms with Crippen molar-refractivity contribution < 1.29 is 18.7 Å². The minimum absolute atomic E-state index is 0.202. The molecule has 3 aromatic rings. The number of fused-ring (bicyclic) bond motifs is 1. The maximum atomic E-state index is 13.7. The molecule has 0 unspecified atom stereocenters. The third kappa shape index (κ3) is 4.76. The number of nitrogens with zero attached hydrogens (tertiary/aromatic N) is 1. The highest BCUT2D eigenvalue weighted by atomic mass is 19.1. The van der Waals surface area contributed by atoms with E-state index in [1.54, 1.807) is 29.0 Å². The zero-order valence-electron chi connectivity index (χ0n) is 14.3. The van der Waals surface area contributed by atoms with Crippen LogP contribution in [0.25, 0.3) is 10.9 Å². The van der Waals surface area contributed by atoms with Gasteiger partial charge in [-0.2, -0.15) is 0 Å². The molecule has 1 N–H and O–H groups in total. The van der Waals surface area contributed by atoms with E-state index < -0.39 is 17.6 Å². The molecule has 1 aromatic heterocycles. The van der Waals surface area contributed by atoms with Gasteiger partial charge in [-0.1, -0.05) is 19.9 Å². The molecule has 25 heavy (non-hydrogen) atoms. The average Bonchev–Trinajstić information content (AvgIpc) is 3.03. The van der Waals surface area contributed by atoms with E-state index in [1.807, 2.05) is 13.8 Å². The number of carbonyl (C=O) groups is 1. The number of hydrogen-bond donors (Lipinski definition) is 1. The Hall–Kier alpha value is -2.95. The second kappa shape index (κ2) is 9.37. The number of carboxylic acid groups (broad SMARTS) is 1. The first kappa shape index (κ1) is 20.1. The van der Waals surface area contributed by atoms with Gasteiger partial charge >= 0.3 is 5.97 Å². The summed E-state index contributed by atoms with van der Waals surface area (Å²) in [6, 6.07) is 9.99. The first-order valence-corrected chi connectivity index (χ1v) is 7.81. The standard InChI is InChI=1S/C16H11F2NO2.C2H6.C2H4/c17-13-3-1-12(14(18)8-13)9-19-6-5-10-7-11(16(20)21)2-4-15(10)19;2*1-2/h1-8H,9H2,(H,20,21);1-2H3;1-2H2. The molecule has 0 saturated heterocycles. The van der Waals surface area contributed by atoms with E-state index in [0.29, 0.717) is 5.56 Å². The molecule has 0 fully saturated rings. The first-order valence-electron chi connectivity index (χ1n) is 7.81. The molecule has 0 bridgehead atoms. The van der Waals surface area contributed by atoms with Crippen LogP contribution in [0.2, 0.25) is 0 Å². The third-order valence-electron chi connectivity index (χ3n) is 3.37. The molecule has 0 aliphatic rings. The van der Waals surface area contributed by atoms with E-state index in [-0.39, 0.29) is 12.1 Å². The van der Waals surface area contributed by atoms with Crippen LogP contribution in [0, 0.1) is 11.6 Å². The summed E-state index contributed by atoms with van der Waals surface area (Å²) in [5.41, 5.74) is 1.37. The van der Waals surface area contributed by atoms with Gasteiger partial charge in [-0.3, -0.25) is 0 Å². The van der Waals surface area contributed by atoms with Crippen LogP contribution in [0.5, 0.6) is 0 Å². The number of benzene rings is 2. The molecule has 0 radical (unpaired) electrons. The molecule has 0 saturated carbocycles. The quantitative estimate of drug-likeness (QED) is 0.637. The average molecular weight is 345 g/mol. The Morgan fingerprint density at radius 3 is 2.36 bits per heavy atom. The summed E-state index contributed by atoms with van der Waals surface area (Å²) in [7, 11) is 0. The van der Waals surface area contributed by atoms with Gasteiger partial charge in [0.2, 0.25) is 0 Å². The Bertz CT molecular complexity index is 856. The summed E-state index contributed by atoms with van der Waals surface area (Å²) in [4.78, 5) is 10.9. The predicted molar refractivity (Wildman–Crippen MR) is 97.0 cm³/mol. The zero-order chi connectivity index (χ0) is 19.0. The van der Waals surface area contributed by atoms with Crippen molar-refractivity contribution in [3.8, 4) is 0 Å². The van der Waals surface area contributed by atoms with Crippen molar-refractivity contribution in [1.82, 2.24) is 4.57 Å². The van der Waals surface area contributed by atoms with Crippen LogP contribution in [0.15, 0.2) is 61.8 Å². The molecular weight excluding hydrogens is 324 g/mol. The van der Waals surface area contributed by atoms with Gasteiger partial charge in [-0.15, -0.1) is 13.2 Å². The fourth-order valence-electron chi connectivity index (χ4n) is 2.30. The number of rotatable bonds is 3. The Morgan fingerprint density at radius 2 is 1.76 bits per heavy atom. The van der Waals surface area contributed by atoms with Crippen molar-refractivity contribution in [2.24, 2.45) is 0 Å². The fourth-order valence-corrected chi connectivity index (χ4v) is 2.30. The van der Waals surface area contributed by atoms with Crippen LogP contribution in [0.3, 0.4) is 0 Å². The number of carboxylic acids is 1. The number of halogens is 2. The van der Waals surface area contributed by atoms with Crippen LogP contribution in [0.1, 0.15) is 29.8 Å². The topological polar surface area (TPSA) is 42.2 Å². The van der Waals surface area contributed by atoms with Crippen LogP contribution in [-0.2, 0) is 6.54 Å². The zero-order valence-corrected chi connectivity index (χ0v) is 14.3. The normalized spacial score (nSPS) is 9.60. The smallest absolute Gasteiger partial charge is 0.335 e. The van der Waals surface area contributed by atoms with Gasteiger partial charge in [-0.25, -0.2) is 13.6 Å². The second-order valence-corrected chi connectivity index (χ2v) is 4.76. The van der Waals surface area contributed by atoms with Gasteiger partial charge < -0.3 is 9.67 Å². The summed E-state index contributed by atoms with van der Waals surface area (Å²) < 4.78 is 28.4. The highest BCUT2D eigenvalue weighted by Gasteiger charge is 2.09. The summed E-state index contributed by atoms with van der Waals surface area (Å²) in [5.74, 6) is -2.20. The van der Waals surface area contributed by atoms with Crippen molar-refractivity contribution in [1.29, 1.82) is 0 Å². The van der Waals surface area contributed by atoms with Gasteiger partial charge in [0.05, 0.1) is 12.1 Å². The molecule has 3 rings (SSSR count). The summed E-state index contributed by atoms with van der Waals surface area (Å²) >= 11 is 0. The van der Waals surface area contributed by atoms with Crippen molar-refractivity contribution in [3.05, 3.63) is 84.6 Å². The number of aromatic nitrogens is 1. The monoisotopic (exact) mass is 345 g/mol. The molecule has 5 heteroatoms. The van der Waals surface area contributed by atoms with Gasteiger partial charge in [0.25, 0.3) is 0 Å². The van der Waals surface area contributed by atoms with Crippen molar-refractivity contribution >= 4 is 16.9 Å². The predicted octanol–water partition coefficient (Wildman–Crippen LogP) is 5.49. The Kier molecular flexibility index (Phi) is 7.53. The molecule has 0 amide bonds. The molecule has 1 heterocycles. The lowest BCUT2D eigenvalue weighted by molar-refractivity contribution is 0.0697. The molecule has 0 spiro atoms. The van der Waals surface area contributed by atoms with Gasteiger partial charge in [0, 0.05) is 28.7 Å². The SMILES string of the molecule is C=C.CC.O=C(O)c1ccc2c(ccn2Cc2ccc(F)cc2F)c1. The summed E-state index contributed by atoms with van der Waals surface area (Å²) in [5, 5.41) is 9.72. The van der Waals surface area contributed by atoms with E-state index in [0.717, 1.165) is 17.0 Å². The highest BCUT2D eigenvalue weighted by Crippen LogP contribution is 2.20. The molecule has 2 aromatic carbocycles. The maximum Gasteiger partial charge on any atom is 0.335 e. The Balaban J connectivity index is 0.000000730. The molecule has 132 valence electrons. The van der Waals surface area contributed by atoms with Crippen LogP contribution >= 0.6 is 0 Å². The van der Waals surface area contributed by atoms with Crippen molar-refractivity contribution in [2.75, 3.05) is 0 Å². The fraction of sp³-hybridized carbons (Fsp3) is 0.150. The van der Waals surface area contributed by atoms with Crippen LogP contribution < -0.4 is 0 Å². The Labute approximate surface area is 145 Å². The largest absolute Gasteiger partial charge is 0.478 e. The van der Waals surface area contributed by atoms with E-state index >= 15 is 0 Å². The lowest BCUT2D eigenvalue weighted by Crippen LogP contribution is -2.01. The van der Waals surface area contributed by atoms with Gasteiger partial charge in [0.15, 0.2) is 0 Å². The molecule has 0 aliphatic carbocycles. The van der Waals surface area contributed by atoms with Gasteiger partial charge in [-0.05, 0) is 30.3 Å². The molecular formula is C20H21F2NO2. The molecule has 3 nitrogen and oxygen atoms in total. The van der Waals surface area contributed by atoms with Crippen LogP contribution in [-0.4, -0.2) is 15.6 Å². The van der Waals surface area contributed by atoms with E-state index in [1.165, 1.54) is 18.2 Å². The summed E-state index contributed by atoms with van der Waals surface area (Å²) in [6.45, 7) is 10.3. The number of aromatic carboxylic acids is 1. The minimum Gasteiger partial charge on any atom is -0.478 e. The minimum atomic E-state index is -0.991. The van der Waals surface area contributed by atoms with Crippen molar-refractivity contribution in [3.63, 3.8) is 0 Å². The van der Waals surface area contributed by atoms with Crippen LogP contribution in [0.4, 0.5) is 8.78 Å². The number of hydrogen-bond acceptors (Lipinski definition) is 1. The lowest BCUT2D eigenvalue weighted by Gasteiger charge is -2.07. The summed E-state index contributed by atoms with van der Waals surface area (Å²) in [6.07, 6.45) is 1.75. The second-order valence-electron chi connectivity index (χ2n) is 4.76. The third-order valence-corrected chi connectivity index (χ3v) is 3.37. The Morgan fingerprint density at radius 1 is 1.08 bits per heavy atom. The maximum absolute atomic E-state index is 13.7. The molecule has 0 aliphatic heterocycles. The van der Waals surface area contributed by atoms with Crippen molar-refractivity contribution in [2.45, 2.75) is 20.4 Å². The first-order chi connectivity index (χ1) is 12.0. The van der Waals surface area contributed by atoms with E-state index in [2.05, 4.69) is 13.2 Å². The molecule has 0 atom stereocenters. The van der Waals surface area contributed by atoms with Gasteiger partial charge in [0.1, 0.15) is 11.6 Å². The van der Waals surface area contributed by atoms with E-state index in [4.69, 9.17) is 5.11 Å². The lowest BCUT2D eigenvalue weighted by atomic mass is 10.1.